The summed E-state index contributed by atoms with van der Waals surface area (Å²) in [5, 5.41) is 3.42. The van der Waals surface area contributed by atoms with Crippen LogP contribution in [0.15, 0.2) is 0 Å². The van der Waals surface area contributed by atoms with Crippen LogP contribution in [0.5, 0.6) is 0 Å². The van der Waals surface area contributed by atoms with Crippen molar-refractivity contribution >= 4 is 5.91 Å². The summed E-state index contributed by atoms with van der Waals surface area (Å²) in [6, 6.07) is 0.556. The molecule has 3 aliphatic heterocycles. The molecule has 0 aliphatic carbocycles. The molecule has 3 saturated heterocycles. The topological polar surface area (TPSA) is 44.8 Å². The molecule has 1 spiro atoms. The molecule has 114 valence electrons. The molecule has 0 aromatic carbocycles. The van der Waals surface area contributed by atoms with Gasteiger partial charge in [-0.3, -0.25) is 9.69 Å². The predicted octanol–water partition coefficient (Wildman–Crippen LogP) is 0.452. The summed E-state index contributed by atoms with van der Waals surface area (Å²) in [6.07, 6.45) is 4.56. The number of hydrogen-bond acceptors (Lipinski definition) is 4. The molecule has 3 fully saturated rings. The fourth-order valence-electron chi connectivity index (χ4n) is 3.90. The average Bonchev–Trinajstić information content (AvgIpc) is 2.70. The molecule has 0 aromatic rings. The molecule has 1 amide bonds. The number of ether oxygens (including phenoxy) is 1. The van der Waals surface area contributed by atoms with Crippen LogP contribution in [0.3, 0.4) is 0 Å². The number of nitrogens with zero attached hydrogens (tertiary/aromatic N) is 2. The standard InChI is InChI=1S/C15H27N3O2/c1-13(19)17-7-2-8-18(10-9-17)14-11-15(20-12-14)3-5-16-6-4-15/h14,16H,2-12H2,1H3/t14-/m0/s1. The maximum atomic E-state index is 11.5. The van der Waals surface area contributed by atoms with Crippen LogP contribution in [0.25, 0.3) is 0 Å². The smallest absolute Gasteiger partial charge is 0.219 e. The Labute approximate surface area is 121 Å². The quantitative estimate of drug-likeness (QED) is 0.758. The third kappa shape index (κ3) is 3.00. The first kappa shape index (κ1) is 14.3. The lowest BCUT2D eigenvalue weighted by Gasteiger charge is -2.34. The SMILES string of the molecule is CC(=O)N1CCCN([C@@H]2COC3(CCNCC3)C2)CC1. The van der Waals surface area contributed by atoms with Crippen LogP contribution in [0.4, 0.5) is 0 Å². The minimum Gasteiger partial charge on any atom is -0.373 e. The van der Waals surface area contributed by atoms with E-state index in [1.54, 1.807) is 6.92 Å². The first-order valence-corrected chi connectivity index (χ1v) is 8.03. The zero-order valence-corrected chi connectivity index (χ0v) is 12.6. The molecule has 3 rings (SSSR count). The summed E-state index contributed by atoms with van der Waals surface area (Å²) >= 11 is 0. The van der Waals surface area contributed by atoms with Crippen LogP contribution in [-0.4, -0.2) is 73.2 Å². The van der Waals surface area contributed by atoms with E-state index in [0.717, 1.165) is 65.1 Å². The van der Waals surface area contributed by atoms with Crippen molar-refractivity contribution < 1.29 is 9.53 Å². The second-order valence-corrected chi connectivity index (χ2v) is 6.50. The Bertz CT molecular complexity index is 355. The van der Waals surface area contributed by atoms with E-state index in [2.05, 4.69) is 10.2 Å². The zero-order chi connectivity index (χ0) is 14.0. The van der Waals surface area contributed by atoms with Gasteiger partial charge in [0.25, 0.3) is 0 Å². The first-order chi connectivity index (χ1) is 9.69. The molecule has 0 aromatic heterocycles. The fraction of sp³-hybridized carbons (Fsp3) is 0.933. The van der Waals surface area contributed by atoms with Gasteiger partial charge in [-0.2, -0.15) is 0 Å². The van der Waals surface area contributed by atoms with E-state index in [4.69, 9.17) is 4.74 Å². The summed E-state index contributed by atoms with van der Waals surface area (Å²) in [4.78, 5) is 16.0. The van der Waals surface area contributed by atoms with Gasteiger partial charge in [0, 0.05) is 39.1 Å². The van der Waals surface area contributed by atoms with Gasteiger partial charge in [0.15, 0.2) is 0 Å². The van der Waals surface area contributed by atoms with Crippen molar-refractivity contribution in [2.45, 2.75) is 44.2 Å². The molecule has 5 nitrogen and oxygen atoms in total. The first-order valence-electron chi connectivity index (χ1n) is 8.03. The van der Waals surface area contributed by atoms with Crippen molar-refractivity contribution in [1.82, 2.24) is 15.1 Å². The van der Waals surface area contributed by atoms with Gasteiger partial charge in [-0.05, 0) is 38.8 Å². The summed E-state index contributed by atoms with van der Waals surface area (Å²) in [5.41, 5.74) is 0.141. The van der Waals surface area contributed by atoms with Gasteiger partial charge in [0.05, 0.1) is 12.2 Å². The predicted molar refractivity (Wildman–Crippen MR) is 77.6 cm³/mol. The number of piperidine rings is 1. The molecule has 0 radical (unpaired) electrons. The lowest BCUT2D eigenvalue weighted by Crippen LogP contribution is -2.43. The number of amides is 1. The van der Waals surface area contributed by atoms with E-state index >= 15 is 0 Å². The minimum absolute atomic E-state index is 0.141. The monoisotopic (exact) mass is 281 g/mol. The maximum Gasteiger partial charge on any atom is 0.219 e. The summed E-state index contributed by atoms with van der Waals surface area (Å²) in [5.74, 6) is 0.212. The second-order valence-electron chi connectivity index (χ2n) is 6.50. The highest BCUT2D eigenvalue weighted by Gasteiger charge is 2.43. The third-order valence-corrected chi connectivity index (χ3v) is 5.20. The van der Waals surface area contributed by atoms with Gasteiger partial charge in [-0.15, -0.1) is 0 Å². The maximum absolute atomic E-state index is 11.5. The molecular formula is C15H27N3O2. The van der Waals surface area contributed by atoms with Gasteiger partial charge < -0.3 is 15.0 Å². The lowest BCUT2D eigenvalue weighted by molar-refractivity contribution is -0.128. The fourth-order valence-corrected chi connectivity index (χ4v) is 3.90. The van der Waals surface area contributed by atoms with Gasteiger partial charge in [-0.25, -0.2) is 0 Å². The largest absolute Gasteiger partial charge is 0.373 e. The van der Waals surface area contributed by atoms with E-state index in [1.807, 2.05) is 4.90 Å². The lowest BCUT2D eigenvalue weighted by atomic mass is 9.88. The number of nitrogens with one attached hydrogen (secondary N) is 1. The molecule has 0 unspecified atom stereocenters. The van der Waals surface area contributed by atoms with E-state index in [-0.39, 0.29) is 11.5 Å². The van der Waals surface area contributed by atoms with Crippen LogP contribution >= 0.6 is 0 Å². The second kappa shape index (κ2) is 6.00. The normalized spacial score (nSPS) is 31.4. The Balaban J connectivity index is 1.56. The Kier molecular flexibility index (Phi) is 4.29. The Hall–Kier alpha value is -0.650. The molecule has 0 saturated carbocycles. The van der Waals surface area contributed by atoms with E-state index in [0.29, 0.717) is 6.04 Å². The van der Waals surface area contributed by atoms with Crippen LogP contribution in [0.2, 0.25) is 0 Å². The zero-order valence-electron chi connectivity index (χ0n) is 12.6. The van der Waals surface area contributed by atoms with Crippen LogP contribution in [-0.2, 0) is 9.53 Å². The van der Waals surface area contributed by atoms with Gasteiger partial charge >= 0.3 is 0 Å². The van der Waals surface area contributed by atoms with Crippen LogP contribution < -0.4 is 5.32 Å². The van der Waals surface area contributed by atoms with E-state index < -0.39 is 0 Å². The molecule has 1 N–H and O–H groups in total. The van der Waals surface area contributed by atoms with Gasteiger partial charge in [0.2, 0.25) is 5.91 Å². The Morgan fingerprint density at radius 3 is 2.75 bits per heavy atom. The molecule has 0 bridgehead atoms. The van der Waals surface area contributed by atoms with Crippen molar-refractivity contribution in [2.75, 3.05) is 45.9 Å². The summed E-state index contributed by atoms with van der Waals surface area (Å²) in [7, 11) is 0. The van der Waals surface area contributed by atoms with Crippen molar-refractivity contribution in [1.29, 1.82) is 0 Å². The number of carbonyl (C=O) groups excluding carboxylic acids is 1. The van der Waals surface area contributed by atoms with Gasteiger partial charge in [0.1, 0.15) is 0 Å². The molecule has 3 aliphatic rings. The van der Waals surface area contributed by atoms with Crippen molar-refractivity contribution in [3.8, 4) is 0 Å². The molecule has 20 heavy (non-hydrogen) atoms. The molecule has 3 heterocycles. The molecule has 1 atom stereocenters. The third-order valence-electron chi connectivity index (χ3n) is 5.20. The van der Waals surface area contributed by atoms with Crippen molar-refractivity contribution in [3.63, 3.8) is 0 Å². The Morgan fingerprint density at radius 1 is 1.20 bits per heavy atom. The van der Waals surface area contributed by atoms with Crippen molar-refractivity contribution in [3.05, 3.63) is 0 Å². The van der Waals surface area contributed by atoms with Crippen LogP contribution in [0.1, 0.15) is 32.6 Å². The Morgan fingerprint density at radius 2 is 2.00 bits per heavy atom. The highest BCUT2D eigenvalue weighted by atomic mass is 16.5. The average molecular weight is 281 g/mol. The van der Waals surface area contributed by atoms with Gasteiger partial charge in [-0.1, -0.05) is 0 Å². The highest BCUT2D eigenvalue weighted by Crippen LogP contribution is 2.36. The molecule has 5 heteroatoms. The number of hydrogen-bond donors (Lipinski definition) is 1. The van der Waals surface area contributed by atoms with E-state index in [9.17, 15) is 4.79 Å². The summed E-state index contributed by atoms with van der Waals surface area (Å²) in [6.45, 7) is 8.62. The minimum atomic E-state index is 0.141. The van der Waals surface area contributed by atoms with E-state index in [1.165, 1.54) is 6.42 Å². The molecular weight excluding hydrogens is 254 g/mol. The summed E-state index contributed by atoms with van der Waals surface area (Å²) < 4.78 is 6.20. The van der Waals surface area contributed by atoms with Crippen molar-refractivity contribution in [2.24, 2.45) is 0 Å². The number of rotatable bonds is 1. The van der Waals surface area contributed by atoms with Crippen LogP contribution in [0, 0.1) is 0 Å². The highest BCUT2D eigenvalue weighted by molar-refractivity contribution is 5.73. The number of carbonyl (C=O) groups is 1.